The zero-order chi connectivity index (χ0) is 16.8. The maximum Gasteiger partial charge on any atom is 0.262 e. The van der Waals surface area contributed by atoms with E-state index >= 15 is 0 Å². The van der Waals surface area contributed by atoms with Crippen LogP contribution in [0.15, 0.2) is 25.3 Å². The third-order valence-electron chi connectivity index (χ3n) is 5.98. The fraction of sp³-hybridized carbons (Fsp3) is 0.818. The van der Waals surface area contributed by atoms with Gasteiger partial charge in [0.1, 0.15) is 0 Å². The van der Waals surface area contributed by atoms with Crippen LogP contribution in [0, 0.1) is 11.8 Å². The minimum atomic E-state index is -0.342. The average molecular weight is 333 g/mol. The monoisotopic (exact) mass is 332 g/mol. The predicted octanol–water partition coefficient (Wildman–Crippen LogP) is 7.80. The van der Waals surface area contributed by atoms with Crippen molar-refractivity contribution >= 4 is 14.1 Å². The first-order valence-corrected chi connectivity index (χ1v) is 13.0. The smallest absolute Gasteiger partial charge is 0.103 e. The van der Waals surface area contributed by atoms with Gasteiger partial charge in [0.2, 0.25) is 0 Å². The Bertz CT molecular complexity index is 268. The van der Waals surface area contributed by atoms with Crippen molar-refractivity contribution in [2.24, 2.45) is 11.8 Å². The minimum absolute atomic E-state index is 0.342. The molecule has 2 unspecified atom stereocenters. The first-order valence-electron chi connectivity index (χ1n) is 10.5. The summed E-state index contributed by atoms with van der Waals surface area (Å²) < 4.78 is 0. The SMILES string of the molecule is C=CCCCCCCC1[CH2][Al]([CH2]C)[CH2]C1CCCCCCC=C. The van der Waals surface area contributed by atoms with Crippen LogP contribution in [-0.2, 0) is 0 Å². The Morgan fingerprint density at radius 3 is 1.57 bits per heavy atom. The quantitative estimate of drug-likeness (QED) is 0.163. The lowest BCUT2D eigenvalue weighted by atomic mass is 9.86. The molecule has 23 heavy (non-hydrogen) atoms. The molecule has 1 rings (SSSR count). The van der Waals surface area contributed by atoms with Gasteiger partial charge in [-0.05, 0) is 25.7 Å². The van der Waals surface area contributed by atoms with E-state index in [1.807, 2.05) is 0 Å². The fourth-order valence-electron chi connectivity index (χ4n) is 4.48. The molecule has 1 saturated heterocycles. The van der Waals surface area contributed by atoms with Crippen LogP contribution in [0.1, 0.15) is 84.0 Å². The van der Waals surface area contributed by atoms with E-state index in [0.29, 0.717) is 0 Å². The molecule has 0 aromatic rings. The van der Waals surface area contributed by atoms with E-state index in [-0.39, 0.29) is 14.1 Å². The third-order valence-corrected chi connectivity index (χ3v) is 9.68. The molecule has 1 fully saturated rings. The van der Waals surface area contributed by atoms with Gasteiger partial charge in [-0.25, -0.2) is 0 Å². The topological polar surface area (TPSA) is 0 Å². The Kier molecular flexibility index (Phi) is 13.1. The molecular formula is C22H41Al. The van der Waals surface area contributed by atoms with Gasteiger partial charge in [-0.1, -0.05) is 98.1 Å². The lowest BCUT2D eigenvalue weighted by molar-refractivity contribution is 0.341. The maximum absolute atomic E-state index is 3.82. The van der Waals surface area contributed by atoms with Gasteiger partial charge in [0, 0.05) is 0 Å². The van der Waals surface area contributed by atoms with Crippen molar-refractivity contribution in [2.75, 3.05) is 0 Å². The Morgan fingerprint density at radius 2 is 1.17 bits per heavy atom. The van der Waals surface area contributed by atoms with E-state index in [4.69, 9.17) is 0 Å². The van der Waals surface area contributed by atoms with E-state index in [9.17, 15) is 0 Å². The largest absolute Gasteiger partial charge is 0.262 e. The van der Waals surface area contributed by atoms with Crippen LogP contribution >= 0.6 is 0 Å². The highest BCUT2D eigenvalue weighted by atomic mass is 27.2. The van der Waals surface area contributed by atoms with Gasteiger partial charge in [0.15, 0.2) is 0 Å². The van der Waals surface area contributed by atoms with E-state index in [0.717, 1.165) is 11.8 Å². The average Bonchev–Trinajstić information content (AvgIpc) is 2.96. The summed E-state index contributed by atoms with van der Waals surface area (Å²) in [6.07, 6.45) is 21.1. The van der Waals surface area contributed by atoms with Crippen LogP contribution in [0.2, 0.25) is 15.8 Å². The summed E-state index contributed by atoms with van der Waals surface area (Å²) in [6, 6.07) is 0. The molecule has 0 aromatic heterocycles. The molecule has 1 aliphatic heterocycles. The van der Waals surface area contributed by atoms with Crippen LogP contribution in [0.5, 0.6) is 0 Å². The standard InChI is InChI=1S/C20H36.C2H5.Al/c1-5-7-9-11-13-15-17-19(3)20(4)18-16-14-12-10-8-6-2;1-2;/h5-6,19-20H,1-4,7-18H2;1H2,2H3;. The summed E-state index contributed by atoms with van der Waals surface area (Å²) in [6.45, 7) is 10.1. The molecule has 132 valence electrons. The van der Waals surface area contributed by atoms with Crippen molar-refractivity contribution in [2.45, 2.75) is 99.8 Å². The Labute approximate surface area is 151 Å². The van der Waals surface area contributed by atoms with E-state index in [1.165, 1.54) is 64.2 Å². The van der Waals surface area contributed by atoms with Crippen LogP contribution in [-0.4, -0.2) is 14.1 Å². The van der Waals surface area contributed by atoms with Gasteiger partial charge in [0.25, 0.3) is 14.1 Å². The zero-order valence-electron chi connectivity index (χ0n) is 15.9. The van der Waals surface area contributed by atoms with Crippen molar-refractivity contribution in [3.63, 3.8) is 0 Å². The van der Waals surface area contributed by atoms with Crippen LogP contribution in [0.3, 0.4) is 0 Å². The molecule has 1 heteroatoms. The third kappa shape index (κ3) is 9.79. The van der Waals surface area contributed by atoms with E-state index in [1.54, 1.807) is 28.7 Å². The molecule has 0 bridgehead atoms. The Balaban J connectivity index is 2.16. The highest BCUT2D eigenvalue weighted by Gasteiger charge is 2.35. The number of hydrogen-bond acceptors (Lipinski definition) is 0. The number of allylic oxidation sites excluding steroid dienone is 2. The summed E-state index contributed by atoms with van der Waals surface area (Å²) in [5, 5.41) is 4.89. The number of rotatable bonds is 15. The molecular weight excluding hydrogens is 291 g/mol. The van der Waals surface area contributed by atoms with Gasteiger partial charge in [0.05, 0.1) is 0 Å². The van der Waals surface area contributed by atoms with Crippen molar-refractivity contribution < 1.29 is 0 Å². The summed E-state index contributed by atoms with van der Waals surface area (Å²) in [5.41, 5.74) is 0. The molecule has 0 saturated carbocycles. The molecule has 0 aliphatic carbocycles. The normalized spacial score (nSPS) is 20.8. The van der Waals surface area contributed by atoms with E-state index < -0.39 is 0 Å². The second-order valence-corrected chi connectivity index (χ2v) is 11.3. The Hall–Kier alpha value is 0.0125. The summed E-state index contributed by atoms with van der Waals surface area (Å²) in [5.74, 6) is 2.22. The van der Waals surface area contributed by atoms with Gasteiger partial charge in [-0.15, -0.1) is 13.2 Å². The van der Waals surface area contributed by atoms with Crippen molar-refractivity contribution in [3.05, 3.63) is 25.3 Å². The van der Waals surface area contributed by atoms with Crippen molar-refractivity contribution in [1.29, 1.82) is 0 Å². The first-order chi connectivity index (χ1) is 11.3. The van der Waals surface area contributed by atoms with Gasteiger partial charge < -0.3 is 0 Å². The van der Waals surface area contributed by atoms with Crippen LogP contribution < -0.4 is 0 Å². The molecule has 1 aliphatic rings. The minimum Gasteiger partial charge on any atom is -0.103 e. The molecule has 2 atom stereocenters. The second-order valence-electron chi connectivity index (χ2n) is 7.83. The zero-order valence-corrected chi connectivity index (χ0v) is 17.1. The van der Waals surface area contributed by atoms with E-state index in [2.05, 4.69) is 32.2 Å². The predicted molar refractivity (Wildman–Crippen MR) is 109 cm³/mol. The maximum atomic E-state index is 3.82. The summed E-state index contributed by atoms with van der Waals surface area (Å²) in [7, 11) is 0. The lowest BCUT2D eigenvalue weighted by Crippen LogP contribution is -2.07. The highest BCUT2D eigenvalue weighted by molar-refractivity contribution is 6.59. The molecule has 1 heterocycles. The van der Waals surface area contributed by atoms with Gasteiger partial charge in [-0.2, -0.15) is 0 Å². The summed E-state index contributed by atoms with van der Waals surface area (Å²) >= 11 is -0.342. The van der Waals surface area contributed by atoms with Gasteiger partial charge in [-0.3, -0.25) is 0 Å². The number of unbranched alkanes of at least 4 members (excludes halogenated alkanes) is 8. The molecule has 0 radical (unpaired) electrons. The molecule has 0 N–H and O–H groups in total. The highest BCUT2D eigenvalue weighted by Crippen LogP contribution is 2.40. The van der Waals surface area contributed by atoms with Crippen molar-refractivity contribution in [3.8, 4) is 0 Å². The molecule has 0 nitrogen and oxygen atoms in total. The van der Waals surface area contributed by atoms with Crippen LogP contribution in [0.25, 0.3) is 0 Å². The second kappa shape index (κ2) is 14.4. The molecule has 0 aromatic carbocycles. The van der Waals surface area contributed by atoms with Crippen molar-refractivity contribution in [1.82, 2.24) is 0 Å². The first kappa shape index (κ1) is 21.1. The lowest BCUT2D eigenvalue weighted by Gasteiger charge is -2.20. The van der Waals surface area contributed by atoms with Gasteiger partial charge >= 0.3 is 0 Å². The van der Waals surface area contributed by atoms with Crippen LogP contribution in [0.4, 0.5) is 0 Å². The Morgan fingerprint density at radius 1 is 0.739 bits per heavy atom. The fourth-order valence-corrected chi connectivity index (χ4v) is 8.29. The molecule has 0 amide bonds. The summed E-state index contributed by atoms with van der Waals surface area (Å²) in [4.78, 5) is 0. The molecule has 0 spiro atoms. The number of hydrogen-bond donors (Lipinski definition) is 0.